The maximum Gasteiger partial charge on any atom is 0.264 e. The van der Waals surface area contributed by atoms with Gasteiger partial charge in [0.05, 0.1) is 17.3 Å². The van der Waals surface area contributed by atoms with Crippen LogP contribution in [0.1, 0.15) is 0 Å². The van der Waals surface area contributed by atoms with Crippen LogP contribution in [0.2, 0.25) is 0 Å². The Kier molecular flexibility index (Phi) is 5.22. The SMILES string of the molecule is COc1cccc(OCC(=O)Nc2nc3ccc(SC)cc3s2)c1. The van der Waals surface area contributed by atoms with Gasteiger partial charge in [0.2, 0.25) is 0 Å². The molecule has 0 unspecified atom stereocenters. The molecule has 1 amide bonds. The van der Waals surface area contributed by atoms with Crippen molar-refractivity contribution in [3.63, 3.8) is 0 Å². The lowest BCUT2D eigenvalue weighted by molar-refractivity contribution is -0.118. The minimum atomic E-state index is -0.248. The number of hydrogen-bond donors (Lipinski definition) is 1. The zero-order valence-corrected chi connectivity index (χ0v) is 14.9. The molecular weight excluding hydrogens is 344 g/mol. The third-order valence-corrected chi connectivity index (χ3v) is 4.91. The fraction of sp³-hybridized carbons (Fsp3) is 0.176. The van der Waals surface area contributed by atoms with E-state index in [4.69, 9.17) is 9.47 Å². The Balaban J connectivity index is 1.62. The summed E-state index contributed by atoms with van der Waals surface area (Å²) >= 11 is 3.13. The van der Waals surface area contributed by atoms with E-state index >= 15 is 0 Å². The fourth-order valence-electron chi connectivity index (χ4n) is 2.08. The Morgan fingerprint density at radius 2 is 2.08 bits per heavy atom. The van der Waals surface area contributed by atoms with Crippen molar-refractivity contribution in [1.82, 2.24) is 4.98 Å². The van der Waals surface area contributed by atoms with Crippen LogP contribution in [0, 0.1) is 0 Å². The van der Waals surface area contributed by atoms with Crippen molar-refractivity contribution in [2.24, 2.45) is 0 Å². The van der Waals surface area contributed by atoms with Crippen molar-refractivity contribution in [3.8, 4) is 11.5 Å². The van der Waals surface area contributed by atoms with E-state index in [1.807, 2.05) is 30.5 Å². The van der Waals surface area contributed by atoms with E-state index in [2.05, 4.69) is 16.4 Å². The summed E-state index contributed by atoms with van der Waals surface area (Å²) in [6, 6.07) is 13.2. The first kappa shape index (κ1) is 16.6. The van der Waals surface area contributed by atoms with Crippen LogP contribution in [0.5, 0.6) is 11.5 Å². The van der Waals surface area contributed by atoms with Gasteiger partial charge < -0.3 is 9.47 Å². The summed E-state index contributed by atoms with van der Waals surface area (Å²) < 4.78 is 11.6. The number of anilines is 1. The van der Waals surface area contributed by atoms with Gasteiger partial charge in [-0.15, -0.1) is 11.8 Å². The maximum absolute atomic E-state index is 12.0. The summed E-state index contributed by atoms with van der Waals surface area (Å²) in [5.41, 5.74) is 0.877. The molecule has 1 aromatic heterocycles. The number of carbonyl (C=O) groups excluding carboxylic acids is 1. The number of hydrogen-bond acceptors (Lipinski definition) is 6. The Morgan fingerprint density at radius 1 is 1.25 bits per heavy atom. The number of nitrogens with zero attached hydrogens (tertiary/aromatic N) is 1. The van der Waals surface area contributed by atoms with Crippen LogP contribution in [0.4, 0.5) is 5.13 Å². The molecule has 24 heavy (non-hydrogen) atoms. The van der Waals surface area contributed by atoms with E-state index in [-0.39, 0.29) is 12.5 Å². The first-order chi connectivity index (χ1) is 11.7. The van der Waals surface area contributed by atoms with Crippen molar-refractivity contribution in [2.45, 2.75) is 4.90 Å². The first-order valence-electron chi connectivity index (χ1n) is 7.19. The Labute approximate surface area is 148 Å². The third-order valence-electron chi connectivity index (χ3n) is 3.25. The Bertz CT molecular complexity index is 864. The number of ether oxygens (including phenoxy) is 2. The van der Waals surface area contributed by atoms with Crippen LogP contribution in [-0.2, 0) is 4.79 Å². The highest BCUT2D eigenvalue weighted by molar-refractivity contribution is 7.98. The van der Waals surface area contributed by atoms with Crippen LogP contribution in [0.25, 0.3) is 10.2 Å². The zero-order valence-electron chi connectivity index (χ0n) is 13.2. The molecular formula is C17H16N2O3S2. The molecule has 2 aromatic carbocycles. The lowest BCUT2D eigenvalue weighted by Gasteiger charge is -2.07. The minimum Gasteiger partial charge on any atom is -0.497 e. The second-order valence-electron chi connectivity index (χ2n) is 4.87. The molecule has 0 aliphatic rings. The molecule has 0 radical (unpaired) electrons. The number of thioether (sulfide) groups is 1. The predicted molar refractivity (Wildman–Crippen MR) is 98.5 cm³/mol. The molecule has 1 N–H and O–H groups in total. The molecule has 3 aromatic rings. The summed E-state index contributed by atoms with van der Waals surface area (Å²) in [4.78, 5) is 17.6. The van der Waals surface area contributed by atoms with Gasteiger partial charge in [0, 0.05) is 11.0 Å². The number of carbonyl (C=O) groups is 1. The van der Waals surface area contributed by atoms with Crippen LogP contribution in [0.15, 0.2) is 47.4 Å². The van der Waals surface area contributed by atoms with Gasteiger partial charge in [-0.1, -0.05) is 17.4 Å². The van der Waals surface area contributed by atoms with Crippen molar-refractivity contribution >= 4 is 44.4 Å². The minimum absolute atomic E-state index is 0.0842. The third kappa shape index (κ3) is 3.98. The van der Waals surface area contributed by atoms with Gasteiger partial charge in [-0.25, -0.2) is 4.98 Å². The highest BCUT2D eigenvalue weighted by Gasteiger charge is 2.09. The van der Waals surface area contributed by atoms with Crippen LogP contribution >= 0.6 is 23.1 Å². The number of benzene rings is 2. The van der Waals surface area contributed by atoms with Gasteiger partial charge in [0.15, 0.2) is 11.7 Å². The average molecular weight is 360 g/mol. The Hall–Kier alpha value is -2.25. The first-order valence-corrected chi connectivity index (χ1v) is 9.23. The summed E-state index contributed by atoms with van der Waals surface area (Å²) in [5, 5.41) is 3.34. The van der Waals surface area contributed by atoms with Crippen LogP contribution in [-0.4, -0.2) is 30.9 Å². The molecule has 0 saturated carbocycles. The van der Waals surface area contributed by atoms with E-state index in [1.165, 1.54) is 16.2 Å². The largest absolute Gasteiger partial charge is 0.497 e. The van der Waals surface area contributed by atoms with Crippen molar-refractivity contribution < 1.29 is 14.3 Å². The van der Waals surface area contributed by atoms with Gasteiger partial charge in [-0.05, 0) is 36.6 Å². The molecule has 0 aliphatic heterocycles. The number of methoxy groups -OCH3 is 1. The molecule has 5 nitrogen and oxygen atoms in total. The van der Waals surface area contributed by atoms with E-state index in [9.17, 15) is 4.79 Å². The van der Waals surface area contributed by atoms with E-state index in [1.54, 1.807) is 31.0 Å². The Morgan fingerprint density at radius 3 is 2.88 bits per heavy atom. The molecule has 0 atom stereocenters. The molecule has 0 bridgehead atoms. The summed E-state index contributed by atoms with van der Waals surface area (Å²) in [6.45, 7) is -0.0842. The molecule has 7 heteroatoms. The number of rotatable bonds is 6. The van der Waals surface area contributed by atoms with Gasteiger partial charge in [0.1, 0.15) is 11.5 Å². The maximum atomic E-state index is 12.0. The van der Waals surface area contributed by atoms with E-state index < -0.39 is 0 Å². The second kappa shape index (κ2) is 7.55. The lowest BCUT2D eigenvalue weighted by atomic mass is 10.3. The fourth-order valence-corrected chi connectivity index (χ4v) is 3.52. The monoisotopic (exact) mass is 360 g/mol. The molecule has 0 fully saturated rings. The van der Waals surface area contributed by atoms with Crippen molar-refractivity contribution in [3.05, 3.63) is 42.5 Å². The average Bonchev–Trinajstić information content (AvgIpc) is 3.01. The number of aromatic nitrogens is 1. The van der Waals surface area contributed by atoms with E-state index in [0.717, 1.165) is 10.2 Å². The summed E-state index contributed by atoms with van der Waals surface area (Å²) in [7, 11) is 1.58. The van der Waals surface area contributed by atoms with Crippen LogP contribution < -0.4 is 14.8 Å². The van der Waals surface area contributed by atoms with Gasteiger partial charge >= 0.3 is 0 Å². The molecule has 0 aliphatic carbocycles. The van der Waals surface area contributed by atoms with Gasteiger partial charge in [-0.3, -0.25) is 10.1 Å². The quantitative estimate of drug-likeness (QED) is 0.672. The predicted octanol–water partition coefficient (Wildman–Crippen LogP) is 4.04. The molecule has 3 rings (SSSR count). The summed E-state index contributed by atoms with van der Waals surface area (Å²) in [5.74, 6) is 1.02. The topological polar surface area (TPSA) is 60.5 Å². The molecule has 1 heterocycles. The molecule has 0 saturated heterocycles. The number of fused-ring (bicyclic) bond motifs is 1. The summed E-state index contributed by atoms with van der Waals surface area (Å²) in [6.07, 6.45) is 2.03. The molecule has 0 spiro atoms. The van der Waals surface area contributed by atoms with E-state index in [0.29, 0.717) is 16.6 Å². The number of thiazole rings is 1. The molecule has 124 valence electrons. The number of amides is 1. The van der Waals surface area contributed by atoms with Crippen LogP contribution in [0.3, 0.4) is 0 Å². The highest BCUT2D eigenvalue weighted by Crippen LogP contribution is 2.29. The highest BCUT2D eigenvalue weighted by atomic mass is 32.2. The van der Waals surface area contributed by atoms with Gasteiger partial charge in [0.25, 0.3) is 5.91 Å². The normalized spacial score (nSPS) is 10.6. The second-order valence-corrected chi connectivity index (χ2v) is 6.78. The standard InChI is InChI=1S/C17H16N2O3S2/c1-21-11-4-3-5-12(8-11)22-10-16(20)19-17-18-14-7-6-13(23-2)9-15(14)24-17/h3-9H,10H2,1-2H3,(H,18,19,20). The van der Waals surface area contributed by atoms with Crippen molar-refractivity contribution in [2.75, 3.05) is 25.3 Å². The number of nitrogens with one attached hydrogen (secondary N) is 1. The smallest absolute Gasteiger partial charge is 0.264 e. The van der Waals surface area contributed by atoms with Gasteiger partial charge in [-0.2, -0.15) is 0 Å². The lowest BCUT2D eigenvalue weighted by Crippen LogP contribution is -2.19. The van der Waals surface area contributed by atoms with Crippen molar-refractivity contribution in [1.29, 1.82) is 0 Å². The zero-order chi connectivity index (χ0) is 16.9.